The topological polar surface area (TPSA) is 150 Å². The first-order valence-corrected chi connectivity index (χ1v) is 16.1. The van der Waals surface area contributed by atoms with Crippen molar-refractivity contribution in [3.05, 3.63) is 64.8 Å². The Morgan fingerprint density at radius 2 is 2.02 bits per heavy atom. The highest BCUT2D eigenvalue weighted by Gasteiger charge is 2.47. The van der Waals surface area contributed by atoms with Crippen molar-refractivity contribution in [3.8, 4) is 16.9 Å². The van der Waals surface area contributed by atoms with Gasteiger partial charge in [0.2, 0.25) is 11.8 Å². The lowest BCUT2D eigenvalue weighted by molar-refractivity contribution is -0.274. The molecule has 6 rings (SSSR count). The normalized spacial score (nSPS) is 23.0. The summed E-state index contributed by atoms with van der Waals surface area (Å²) in [5, 5.41) is 9.67. The zero-order chi connectivity index (χ0) is 31.2. The minimum absolute atomic E-state index is 0.117. The van der Waals surface area contributed by atoms with E-state index < -0.39 is 17.0 Å². The smallest absolute Gasteiger partial charge is 0.406 e. The number of hydrogen-bond donors (Lipinski definition) is 4. The number of aryl methyl sites for hydroxylation is 1. The van der Waals surface area contributed by atoms with Gasteiger partial charge >= 0.3 is 12.4 Å². The molecule has 1 unspecified atom stereocenters. The predicted octanol–water partition coefficient (Wildman–Crippen LogP) is 4.95. The van der Waals surface area contributed by atoms with E-state index in [4.69, 9.17) is 4.52 Å². The highest BCUT2D eigenvalue weighted by atomic mass is 32.3. The average molecular weight is 636 g/mol. The van der Waals surface area contributed by atoms with Crippen LogP contribution in [0.15, 0.2) is 40.9 Å². The maximum atomic E-state index is 13.2. The number of urea groups is 1. The molecule has 1 saturated carbocycles. The lowest BCUT2D eigenvalue weighted by Gasteiger charge is -2.33. The number of carbonyl (C=O) groups excluding carboxylic acids is 2. The maximum Gasteiger partial charge on any atom is 0.573 e. The SMILES string of the molecule is Cc1noc([C@H]2C[C@@H]2C(=O)NCc2ccc(-c3cccc(OC(F)(F)F)c3)c3c2CN(C(=O)NC2CCS(O)(O)C2)CC3)n1. The molecule has 3 aromatic rings. The fourth-order valence-corrected chi connectivity index (χ4v) is 7.67. The zero-order valence-corrected chi connectivity index (χ0v) is 24.6. The summed E-state index contributed by atoms with van der Waals surface area (Å²) < 4.78 is 68.0. The summed E-state index contributed by atoms with van der Waals surface area (Å²) in [5.41, 5.74) is 3.68. The van der Waals surface area contributed by atoms with Gasteiger partial charge in [0, 0.05) is 31.4 Å². The van der Waals surface area contributed by atoms with Crippen molar-refractivity contribution in [1.29, 1.82) is 0 Å². The van der Waals surface area contributed by atoms with Crippen LogP contribution in [0.25, 0.3) is 11.1 Å². The molecule has 236 valence electrons. The Labute approximate surface area is 252 Å². The van der Waals surface area contributed by atoms with E-state index in [0.29, 0.717) is 48.6 Å². The molecule has 3 heterocycles. The van der Waals surface area contributed by atoms with Gasteiger partial charge in [-0.15, -0.1) is 13.2 Å². The minimum Gasteiger partial charge on any atom is -0.406 e. The summed E-state index contributed by atoms with van der Waals surface area (Å²) in [6.45, 7) is 2.44. The molecular weight excluding hydrogens is 603 g/mol. The highest BCUT2D eigenvalue weighted by molar-refractivity contribution is 8.24. The standard InChI is InChI=1S/C29H32F3N5O6S/c1-16-34-27(43-36-16)24-12-23(24)26(38)33-13-18-5-6-21(17-3-2-4-20(11-17)42-29(30,31)32)22-7-9-37(14-25(18)22)28(39)35-19-8-10-44(40,41)15-19/h2-6,11,19,23-24,40-41H,7-10,12-15H2,1H3,(H,33,38)(H,35,39)/t19?,23-,24-/m0/s1. The molecule has 1 aliphatic carbocycles. The van der Waals surface area contributed by atoms with Gasteiger partial charge < -0.3 is 24.8 Å². The van der Waals surface area contributed by atoms with Crippen LogP contribution < -0.4 is 15.4 Å². The molecule has 3 aliphatic rings. The van der Waals surface area contributed by atoms with Gasteiger partial charge in [0.05, 0.1) is 17.6 Å². The monoisotopic (exact) mass is 635 g/mol. The van der Waals surface area contributed by atoms with Crippen molar-refractivity contribution in [2.75, 3.05) is 18.1 Å². The number of fused-ring (bicyclic) bond motifs is 1. The molecule has 1 saturated heterocycles. The summed E-state index contributed by atoms with van der Waals surface area (Å²) in [5.74, 6) is 0.385. The Morgan fingerprint density at radius 1 is 1.20 bits per heavy atom. The predicted molar refractivity (Wildman–Crippen MR) is 154 cm³/mol. The summed E-state index contributed by atoms with van der Waals surface area (Å²) in [6, 6.07) is 8.69. The number of halogens is 3. The lowest BCUT2D eigenvalue weighted by Crippen LogP contribution is -2.47. The van der Waals surface area contributed by atoms with Crippen molar-refractivity contribution in [2.45, 2.75) is 57.6 Å². The van der Waals surface area contributed by atoms with E-state index in [9.17, 15) is 31.9 Å². The van der Waals surface area contributed by atoms with Crippen molar-refractivity contribution in [2.24, 2.45) is 5.92 Å². The number of aromatic nitrogens is 2. The fourth-order valence-electron chi connectivity index (χ4n) is 5.95. The molecule has 2 aliphatic heterocycles. The fraction of sp³-hybridized carbons (Fsp3) is 0.448. The van der Waals surface area contributed by atoms with E-state index in [2.05, 4.69) is 25.5 Å². The first kappa shape index (κ1) is 30.2. The van der Waals surface area contributed by atoms with Crippen molar-refractivity contribution < 1.29 is 41.1 Å². The van der Waals surface area contributed by atoms with Crippen LogP contribution in [0.1, 0.15) is 47.2 Å². The van der Waals surface area contributed by atoms with Crippen LogP contribution in [0.3, 0.4) is 0 Å². The number of ether oxygens (including phenoxy) is 1. The Kier molecular flexibility index (Phi) is 7.96. The Hall–Kier alpha value is -3.82. The Morgan fingerprint density at radius 3 is 2.73 bits per heavy atom. The maximum absolute atomic E-state index is 13.2. The number of benzene rings is 2. The van der Waals surface area contributed by atoms with Gasteiger partial charge in [-0.2, -0.15) is 15.6 Å². The molecule has 0 radical (unpaired) electrons. The van der Waals surface area contributed by atoms with E-state index in [0.717, 1.165) is 16.7 Å². The first-order chi connectivity index (χ1) is 20.8. The third kappa shape index (κ3) is 6.79. The van der Waals surface area contributed by atoms with Gasteiger partial charge in [-0.25, -0.2) is 4.79 Å². The molecule has 4 N–H and O–H groups in total. The van der Waals surface area contributed by atoms with Crippen LogP contribution in [0.4, 0.5) is 18.0 Å². The summed E-state index contributed by atoms with van der Waals surface area (Å²) in [4.78, 5) is 32.0. The van der Waals surface area contributed by atoms with E-state index in [-0.39, 0.29) is 60.2 Å². The second-order valence-corrected chi connectivity index (χ2v) is 13.8. The molecule has 11 nitrogen and oxygen atoms in total. The van der Waals surface area contributed by atoms with E-state index in [1.165, 1.54) is 18.2 Å². The number of rotatable bonds is 7. The van der Waals surface area contributed by atoms with Crippen molar-refractivity contribution >= 4 is 22.5 Å². The molecular formula is C29H32F3N5O6S. The molecule has 15 heteroatoms. The Balaban J connectivity index is 1.23. The number of alkyl halides is 3. The molecule has 2 aromatic carbocycles. The van der Waals surface area contributed by atoms with Gasteiger partial charge in [0.15, 0.2) is 5.82 Å². The largest absolute Gasteiger partial charge is 0.573 e. The van der Waals surface area contributed by atoms with Gasteiger partial charge in [-0.3, -0.25) is 13.9 Å². The van der Waals surface area contributed by atoms with E-state index in [1.807, 2.05) is 12.1 Å². The molecule has 3 atom stereocenters. The average Bonchev–Trinajstić information content (AvgIpc) is 3.53. The van der Waals surface area contributed by atoms with Crippen molar-refractivity contribution in [3.63, 3.8) is 0 Å². The van der Waals surface area contributed by atoms with Crippen LogP contribution in [-0.4, -0.2) is 66.5 Å². The lowest BCUT2D eigenvalue weighted by atomic mass is 9.87. The molecule has 0 bridgehead atoms. The van der Waals surface area contributed by atoms with Gasteiger partial charge in [-0.05, 0) is 66.1 Å². The van der Waals surface area contributed by atoms with Crippen LogP contribution in [0.5, 0.6) is 5.75 Å². The number of nitrogens with one attached hydrogen (secondary N) is 2. The minimum atomic E-state index is -4.83. The molecule has 1 aromatic heterocycles. The van der Waals surface area contributed by atoms with E-state index in [1.54, 1.807) is 17.9 Å². The second-order valence-electron chi connectivity index (χ2n) is 11.4. The molecule has 0 spiro atoms. The number of carbonyl (C=O) groups is 2. The third-order valence-corrected chi connectivity index (χ3v) is 10.0. The van der Waals surface area contributed by atoms with Crippen LogP contribution in [0.2, 0.25) is 0 Å². The summed E-state index contributed by atoms with van der Waals surface area (Å²) >= 11 is 0. The van der Waals surface area contributed by atoms with Crippen molar-refractivity contribution in [1.82, 2.24) is 25.7 Å². The van der Waals surface area contributed by atoms with E-state index >= 15 is 0 Å². The Bertz CT molecular complexity index is 1580. The molecule has 44 heavy (non-hydrogen) atoms. The van der Waals surface area contributed by atoms with Crippen LogP contribution >= 0.6 is 10.6 Å². The quantitative estimate of drug-likeness (QED) is 0.285. The highest BCUT2D eigenvalue weighted by Crippen LogP contribution is 2.47. The van der Waals surface area contributed by atoms with Crippen LogP contribution in [-0.2, 0) is 24.3 Å². The summed E-state index contributed by atoms with van der Waals surface area (Å²) in [6.07, 6.45) is -3.34. The second kappa shape index (κ2) is 11.6. The number of nitrogens with zero attached hydrogens (tertiary/aromatic N) is 3. The van der Waals surface area contributed by atoms with Gasteiger partial charge in [-0.1, -0.05) is 29.4 Å². The molecule has 3 amide bonds. The number of amides is 3. The van der Waals surface area contributed by atoms with Crippen LogP contribution in [0, 0.1) is 12.8 Å². The third-order valence-electron chi connectivity index (χ3n) is 8.20. The molecule has 2 fully saturated rings. The van der Waals surface area contributed by atoms with Gasteiger partial charge in [0.1, 0.15) is 5.75 Å². The zero-order valence-electron chi connectivity index (χ0n) is 23.8. The first-order valence-electron chi connectivity index (χ1n) is 14.2. The number of hydrogen-bond acceptors (Lipinski definition) is 8. The van der Waals surface area contributed by atoms with Gasteiger partial charge in [0.25, 0.3) is 0 Å². The summed E-state index contributed by atoms with van der Waals surface area (Å²) in [7, 11) is -2.68.